The molecular weight excluding hydrogens is 216 g/mol. The molecule has 0 bridgehead atoms. The lowest BCUT2D eigenvalue weighted by molar-refractivity contribution is -0.573. The highest BCUT2D eigenvalue weighted by molar-refractivity contribution is 4.64. The van der Waals surface area contributed by atoms with E-state index in [0.29, 0.717) is 25.7 Å². The second-order valence-electron chi connectivity index (χ2n) is 3.58. The topological polar surface area (TPSA) is 77.4 Å². The quantitative estimate of drug-likeness (QED) is 0.365. The molecule has 6 nitrogen and oxygen atoms in total. The van der Waals surface area contributed by atoms with E-state index in [0.717, 1.165) is 0 Å². The highest BCUT2D eigenvalue weighted by Crippen LogP contribution is 2.28. The van der Waals surface area contributed by atoms with Crippen molar-refractivity contribution in [3.63, 3.8) is 0 Å². The molecule has 0 aromatic carbocycles. The maximum Gasteiger partial charge on any atom is 0.233 e. The molecule has 0 rings (SSSR count). The Bertz CT molecular complexity index is 140. The molecule has 2 N–H and O–H groups in total. The van der Waals surface area contributed by atoms with Crippen molar-refractivity contribution in [2.45, 2.75) is 65.0 Å². The van der Waals surface area contributed by atoms with Crippen LogP contribution in [0.4, 0.5) is 0 Å². The van der Waals surface area contributed by atoms with E-state index in [1.165, 1.54) is 0 Å². The molecule has 0 heterocycles. The molecule has 0 aromatic heterocycles. The summed E-state index contributed by atoms with van der Waals surface area (Å²) in [6.45, 7) is 7.12. The third-order valence-electron chi connectivity index (χ3n) is 2.83. The molecule has 0 aliphatic rings. The van der Waals surface area contributed by atoms with Crippen molar-refractivity contribution in [2.24, 2.45) is 0 Å². The summed E-state index contributed by atoms with van der Waals surface area (Å²) in [5.41, 5.74) is 0. The normalized spacial score (nSPS) is 13.1. The Balaban J connectivity index is 4.48. The van der Waals surface area contributed by atoms with Crippen LogP contribution in [-0.2, 0) is 19.6 Å². The van der Waals surface area contributed by atoms with E-state index in [2.05, 4.69) is 9.78 Å². The van der Waals surface area contributed by atoms with E-state index in [9.17, 15) is 0 Å². The van der Waals surface area contributed by atoms with Crippen LogP contribution in [0, 0.1) is 0 Å². The van der Waals surface area contributed by atoms with E-state index in [4.69, 9.17) is 20.3 Å². The van der Waals surface area contributed by atoms with Crippen molar-refractivity contribution >= 4 is 0 Å². The lowest BCUT2D eigenvalue weighted by Crippen LogP contribution is -2.41. The largest absolute Gasteiger partial charge is 0.249 e. The second kappa shape index (κ2) is 7.16. The Labute approximate surface area is 95.9 Å². The van der Waals surface area contributed by atoms with Crippen LogP contribution in [0.2, 0.25) is 0 Å². The van der Waals surface area contributed by atoms with Crippen molar-refractivity contribution < 1.29 is 30.1 Å². The van der Waals surface area contributed by atoms with Gasteiger partial charge in [0.2, 0.25) is 11.6 Å². The van der Waals surface area contributed by atoms with Gasteiger partial charge in [0.1, 0.15) is 0 Å². The minimum absolute atomic E-state index is 0.398. The molecule has 0 unspecified atom stereocenters. The molecule has 0 fully saturated rings. The molecule has 16 heavy (non-hydrogen) atoms. The maximum atomic E-state index is 8.78. The Morgan fingerprint density at radius 1 is 0.688 bits per heavy atom. The molecule has 0 saturated heterocycles. The zero-order chi connectivity index (χ0) is 12.7. The second-order valence-corrected chi connectivity index (χ2v) is 3.58. The summed E-state index contributed by atoms with van der Waals surface area (Å²) >= 11 is 0. The maximum absolute atomic E-state index is 8.78. The van der Waals surface area contributed by atoms with Gasteiger partial charge in [-0.2, -0.15) is 9.78 Å². The van der Waals surface area contributed by atoms with E-state index in [1.54, 1.807) is 27.7 Å². The first kappa shape index (κ1) is 15.8. The van der Waals surface area contributed by atoms with Crippen molar-refractivity contribution in [3.8, 4) is 0 Å². The SMILES string of the molecule is CCC(CC)(OO)OOC(CC)(CC)OO. The van der Waals surface area contributed by atoms with Crippen molar-refractivity contribution in [1.29, 1.82) is 0 Å². The first-order valence-electron chi connectivity index (χ1n) is 5.59. The van der Waals surface area contributed by atoms with Crippen LogP contribution in [0.25, 0.3) is 0 Å². The molecule has 0 radical (unpaired) electrons. The van der Waals surface area contributed by atoms with E-state index in [-0.39, 0.29) is 0 Å². The van der Waals surface area contributed by atoms with E-state index >= 15 is 0 Å². The molecular formula is C10H22O6. The van der Waals surface area contributed by atoms with Gasteiger partial charge in [-0.1, -0.05) is 27.7 Å². The van der Waals surface area contributed by atoms with Gasteiger partial charge in [-0.3, -0.25) is 0 Å². The van der Waals surface area contributed by atoms with Crippen LogP contribution in [0.1, 0.15) is 53.4 Å². The lowest BCUT2D eigenvalue weighted by atomic mass is 10.1. The van der Waals surface area contributed by atoms with Crippen LogP contribution in [-0.4, -0.2) is 22.1 Å². The van der Waals surface area contributed by atoms with E-state index in [1.807, 2.05) is 0 Å². The molecule has 0 amide bonds. The highest BCUT2D eigenvalue weighted by Gasteiger charge is 2.37. The summed E-state index contributed by atoms with van der Waals surface area (Å²) in [4.78, 5) is 18.7. The van der Waals surface area contributed by atoms with Crippen LogP contribution >= 0.6 is 0 Å². The van der Waals surface area contributed by atoms with Crippen molar-refractivity contribution in [1.82, 2.24) is 0 Å². The Hall–Kier alpha value is -0.240. The summed E-state index contributed by atoms with van der Waals surface area (Å²) in [5.74, 6) is -2.46. The Morgan fingerprint density at radius 3 is 1.06 bits per heavy atom. The first-order valence-corrected chi connectivity index (χ1v) is 5.59. The first-order chi connectivity index (χ1) is 7.57. The van der Waals surface area contributed by atoms with Crippen LogP contribution < -0.4 is 0 Å². The van der Waals surface area contributed by atoms with Gasteiger partial charge in [-0.05, 0) is 0 Å². The lowest BCUT2D eigenvalue weighted by Gasteiger charge is -2.32. The van der Waals surface area contributed by atoms with Gasteiger partial charge in [-0.15, -0.1) is 0 Å². The summed E-state index contributed by atoms with van der Waals surface area (Å²) in [5, 5.41) is 17.6. The van der Waals surface area contributed by atoms with Crippen LogP contribution in [0.15, 0.2) is 0 Å². The minimum atomic E-state index is -1.23. The fourth-order valence-electron chi connectivity index (χ4n) is 1.18. The summed E-state index contributed by atoms with van der Waals surface area (Å²) in [7, 11) is 0. The van der Waals surface area contributed by atoms with Crippen molar-refractivity contribution in [2.75, 3.05) is 0 Å². The van der Waals surface area contributed by atoms with Gasteiger partial charge < -0.3 is 0 Å². The molecule has 0 spiro atoms. The molecule has 6 heteroatoms. The molecule has 0 saturated carbocycles. The zero-order valence-corrected chi connectivity index (χ0v) is 10.4. The summed E-state index contributed by atoms with van der Waals surface area (Å²) < 4.78 is 0. The average Bonchev–Trinajstić information content (AvgIpc) is 2.37. The fraction of sp³-hybridized carbons (Fsp3) is 1.00. The predicted molar refractivity (Wildman–Crippen MR) is 56.2 cm³/mol. The Morgan fingerprint density at radius 2 is 0.938 bits per heavy atom. The monoisotopic (exact) mass is 238 g/mol. The summed E-state index contributed by atoms with van der Waals surface area (Å²) in [6, 6.07) is 0. The number of rotatable bonds is 9. The standard InChI is InChI=1S/C10H22O6/c1-5-9(6-2,13-11)15-16-10(7-3,8-4)14-12/h11-12H,5-8H2,1-4H3. The average molecular weight is 238 g/mol. The van der Waals surface area contributed by atoms with Gasteiger partial charge in [0.25, 0.3) is 0 Å². The molecule has 0 aromatic rings. The highest BCUT2D eigenvalue weighted by atomic mass is 17.3. The van der Waals surface area contributed by atoms with Gasteiger partial charge in [0.15, 0.2) is 0 Å². The Kier molecular flexibility index (Phi) is 7.05. The third kappa shape index (κ3) is 3.65. The van der Waals surface area contributed by atoms with E-state index < -0.39 is 11.6 Å². The van der Waals surface area contributed by atoms with Gasteiger partial charge in [0.05, 0.1) is 0 Å². The van der Waals surface area contributed by atoms with Gasteiger partial charge in [-0.25, -0.2) is 20.3 Å². The van der Waals surface area contributed by atoms with Gasteiger partial charge in [0, 0.05) is 25.7 Å². The zero-order valence-electron chi connectivity index (χ0n) is 10.4. The number of hydrogen-bond acceptors (Lipinski definition) is 6. The molecule has 0 aliphatic heterocycles. The molecule has 0 aliphatic carbocycles. The third-order valence-corrected chi connectivity index (χ3v) is 2.83. The van der Waals surface area contributed by atoms with Crippen LogP contribution in [0.3, 0.4) is 0 Å². The summed E-state index contributed by atoms with van der Waals surface area (Å²) in [6.07, 6.45) is 1.59. The predicted octanol–water partition coefficient (Wildman–Crippen LogP) is 2.95. The fourth-order valence-corrected chi connectivity index (χ4v) is 1.18. The minimum Gasteiger partial charge on any atom is -0.249 e. The molecule has 0 atom stereocenters. The van der Waals surface area contributed by atoms with Gasteiger partial charge >= 0.3 is 0 Å². The number of hydrogen-bond donors (Lipinski definition) is 2. The van der Waals surface area contributed by atoms with Crippen LogP contribution in [0.5, 0.6) is 0 Å². The van der Waals surface area contributed by atoms with Crippen molar-refractivity contribution in [3.05, 3.63) is 0 Å². The smallest absolute Gasteiger partial charge is 0.233 e. The molecule has 98 valence electrons.